The summed E-state index contributed by atoms with van der Waals surface area (Å²) in [5.41, 5.74) is 3.54. The smallest absolute Gasteiger partial charge is 0.341 e. The van der Waals surface area contributed by atoms with Crippen LogP contribution in [0.4, 0.5) is 0 Å². The Morgan fingerprint density at radius 3 is 2.85 bits per heavy atom. The third-order valence-corrected chi connectivity index (χ3v) is 4.66. The second-order valence-corrected chi connectivity index (χ2v) is 7.41. The fourth-order valence-electron chi connectivity index (χ4n) is 2.26. The number of rotatable bonds is 6. The van der Waals surface area contributed by atoms with Crippen LogP contribution in [0, 0.1) is 3.57 Å². The molecule has 7 nitrogen and oxygen atoms in total. The van der Waals surface area contributed by atoms with Gasteiger partial charge in [0.2, 0.25) is 0 Å². The first kappa shape index (κ1) is 19.4. The fraction of sp³-hybridized carbons (Fsp3) is 0.0556. The van der Waals surface area contributed by atoms with Crippen LogP contribution in [0.1, 0.15) is 16.1 Å². The number of carbonyl (C=O) groups excluding carboxylic acids is 1. The third-order valence-electron chi connectivity index (χ3n) is 3.40. The molecule has 1 amide bonds. The minimum Gasteiger partial charge on any atom is -0.481 e. The van der Waals surface area contributed by atoms with Crippen molar-refractivity contribution in [2.24, 2.45) is 5.10 Å². The Morgan fingerprint density at radius 1 is 1.30 bits per heavy atom. The van der Waals surface area contributed by atoms with E-state index in [-0.39, 0.29) is 5.76 Å². The number of hydrogen-bond donors (Lipinski definition) is 2. The Kier molecular flexibility index (Phi) is 6.11. The number of ether oxygens (including phenoxy) is 1. The molecule has 0 fully saturated rings. The normalized spacial score (nSPS) is 11.0. The maximum atomic E-state index is 12.3. The molecule has 2 N–H and O–H groups in total. The summed E-state index contributed by atoms with van der Waals surface area (Å²) in [6.45, 7) is -0.468. The summed E-state index contributed by atoms with van der Waals surface area (Å²) in [7, 11) is 0. The minimum absolute atomic E-state index is 0.133. The van der Waals surface area contributed by atoms with E-state index in [1.165, 1.54) is 6.21 Å². The van der Waals surface area contributed by atoms with E-state index in [9.17, 15) is 9.59 Å². The van der Waals surface area contributed by atoms with Crippen LogP contribution in [-0.2, 0) is 4.79 Å². The lowest BCUT2D eigenvalue weighted by atomic mass is 10.2. The van der Waals surface area contributed by atoms with Gasteiger partial charge in [-0.15, -0.1) is 0 Å². The van der Waals surface area contributed by atoms with Gasteiger partial charge in [0.15, 0.2) is 12.4 Å². The molecule has 0 unspecified atom stereocenters. The Morgan fingerprint density at radius 2 is 2.07 bits per heavy atom. The van der Waals surface area contributed by atoms with E-state index < -0.39 is 18.5 Å². The van der Waals surface area contributed by atoms with Crippen LogP contribution in [0.5, 0.6) is 5.75 Å². The number of nitrogens with zero attached hydrogens (tertiary/aromatic N) is 1. The number of carboxylic acid groups (broad SMARTS) is 1. The molecule has 0 bridgehead atoms. The second-order valence-electron chi connectivity index (χ2n) is 5.34. The Balaban J connectivity index is 1.72. The van der Waals surface area contributed by atoms with Crippen molar-refractivity contribution in [1.82, 2.24) is 5.43 Å². The fourth-order valence-corrected chi connectivity index (χ4v) is 3.92. The van der Waals surface area contributed by atoms with Crippen LogP contribution in [0.2, 0.25) is 0 Å². The summed E-state index contributed by atoms with van der Waals surface area (Å²) in [5.74, 6) is -1.10. The first-order valence-electron chi connectivity index (χ1n) is 7.59. The highest BCUT2D eigenvalue weighted by Gasteiger charge is 2.14. The number of carboxylic acids is 1. The minimum atomic E-state index is -1.08. The van der Waals surface area contributed by atoms with Crippen LogP contribution in [0.15, 0.2) is 56.5 Å². The zero-order valence-corrected chi connectivity index (χ0v) is 17.4. The highest BCUT2D eigenvalue weighted by atomic mass is 127. The number of hydrogen-bond acceptors (Lipinski definition) is 5. The molecule has 0 aliphatic carbocycles. The Hall–Kier alpha value is -2.40. The third kappa shape index (κ3) is 4.86. The highest BCUT2D eigenvalue weighted by molar-refractivity contribution is 14.1. The van der Waals surface area contributed by atoms with Crippen LogP contribution in [-0.4, -0.2) is 29.8 Å². The van der Waals surface area contributed by atoms with Gasteiger partial charge in [-0.1, -0.05) is 28.1 Å². The first-order chi connectivity index (χ1) is 12.9. The quantitative estimate of drug-likeness (QED) is 0.278. The average molecular weight is 543 g/mol. The van der Waals surface area contributed by atoms with Gasteiger partial charge in [-0.25, -0.2) is 10.2 Å². The number of furan rings is 1. The number of carbonyl (C=O) groups is 2. The first-order valence-corrected chi connectivity index (χ1v) is 9.47. The van der Waals surface area contributed by atoms with Crippen LogP contribution in [0.3, 0.4) is 0 Å². The summed E-state index contributed by atoms with van der Waals surface area (Å²) in [4.78, 5) is 22.9. The van der Waals surface area contributed by atoms with Gasteiger partial charge in [0.1, 0.15) is 11.3 Å². The second kappa shape index (κ2) is 8.53. The average Bonchev–Trinajstić information content (AvgIpc) is 3.05. The van der Waals surface area contributed by atoms with Crippen LogP contribution >= 0.6 is 38.5 Å². The monoisotopic (exact) mass is 542 g/mol. The molecule has 9 heteroatoms. The highest BCUT2D eigenvalue weighted by Crippen LogP contribution is 2.28. The summed E-state index contributed by atoms with van der Waals surface area (Å²) in [6, 6.07) is 12.1. The van der Waals surface area contributed by atoms with E-state index in [0.717, 1.165) is 13.4 Å². The predicted octanol–water partition coefficient (Wildman–Crippen LogP) is 4.03. The zero-order chi connectivity index (χ0) is 19.4. The lowest BCUT2D eigenvalue weighted by Gasteiger charge is -2.06. The van der Waals surface area contributed by atoms with Crippen molar-refractivity contribution in [3.8, 4) is 5.75 Å². The van der Waals surface area contributed by atoms with Crippen molar-refractivity contribution in [3.05, 3.63) is 61.8 Å². The number of benzene rings is 2. The van der Waals surface area contributed by atoms with Gasteiger partial charge in [0.05, 0.1) is 9.78 Å². The van der Waals surface area contributed by atoms with E-state index in [4.69, 9.17) is 14.3 Å². The van der Waals surface area contributed by atoms with E-state index in [0.29, 0.717) is 16.9 Å². The van der Waals surface area contributed by atoms with E-state index in [1.54, 1.807) is 30.3 Å². The lowest BCUT2D eigenvalue weighted by Crippen LogP contribution is -2.17. The number of para-hydroxylation sites is 1. The molecule has 1 aromatic heterocycles. The summed E-state index contributed by atoms with van der Waals surface area (Å²) in [6.07, 6.45) is 1.37. The zero-order valence-electron chi connectivity index (χ0n) is 13.6. The van der Waals surface area contributed by atoms with Crippen molar-refractivity contribution >= 4 is 67.6 Å². The summed E-state index contributed by atoms with van der Waals surface area (Å²) < 4.78 is 12.6. The van der Waals surface area contributed by atoms with Gasteiger partial charge >= 0.3 is 11.9 Å². The molecule has 0 aliphatic rings. The molecular weight excluding hydrogens is 531 g/mol. The van der Waals surface area contributed by atoms with Crippen molar-refractivity contribution in [2.75, 3.05) is 6.61 Å². The summed E-state index contributed by atoms with van der Waals surface area (Å²) in [5, 5.41) is 13.4. The van der Waals surface area contributed by atoms with Gasteiger partial charge < -0.3 is 14.3 Å². The van der Waals surface area contributed by atoms with E-state index >= 15 is 0 Å². The number of amides is 1. The van der Waals surface area contributed by atoms with Crippen molar-refractivity contribution in [1.29, 1.82) is 0 Å². The van der Waals surface area contributed by atoms with Crippen molar-refractivity contribution in [2.45, 2.75) is 0 Å². The van der Waals surface area contributed by atoms with Crippen LogP contribution in [0.25, 0.3) is 11.0 Å². The molecule has 3 rings (SSSR count). The Labute approximate surface area is 175 Å². The predicted molar refractivity (Wildman–Crippen MR) is 111 cm³/mol. The number of aliphatic carboxylic acids is 1. The number of halogens is 2. The van der Waals surface area contributed by atoms with Crippen molar-refractivity contribution in [3.63, 3.8) is 0 Å². The van der Waals surface area contributed by atoms with Gasteiger partial charge in [-0.05, 0) is 52.9 Å². The standard InChI is InChI=1S/C18H12BrIN2O5/c19-12-5-11-6-15(27-17(11)13(20)7-12)18(25)22-21-8-10-3-1-2-4-14(10)26-9-16(23)24/h1-8H,9H2,(H,22,25)(H,23,24)/b21-8-. The van der Waals surface area contributed by atoms with E-state index in [1.807, 2.05) is 12.1 Å². The number of nitrogens with one attached hydrogen (secondary N) is 1. The molecule has 0 atom stereocenters. The number of hydrazone groups is 1. The molecule has 1 heterocycles. The van der Waals surface area contributed by atoms with E-state index in [2.05, 4.69) is 49.0 Å². The molecule has 0 saturated carbocycles. The molecule has 0 spiro atoms. The molecule has 138 valence electrons. The van der Waals surface area contributed by atoms with Gasteiger partial charge in [-0.3, -0.25) is 4.79 Å². The topological polar surface area (TPSA) is 101 Å². The molecule has 0 aliphatic heterocycles. The van der Waals surface area contributed by atoms with Gasteiger partial charge in [0.25, 0.3) is 0 Å². The number of fused-ring (bicyclic) bond motifs is 1. The largest absolute Gasteiger partial charge is 0.481 e. The molecule has 3 aromatic rings. The SMILES string of the molecule is O=C(O)COc1ccccc1/C=N\NC(=O)c1cc2cc(Br)cc(I)c2o1. The maximum absolute atomic E-state index is 12.3. The molecule has 27 heavy (non-hydrogen) atoms. The molecule has 0 saturated heterocycles. The molecule has 0 radical (unpaired) electrons. The molecule has 2 aromatic carbocycles. The van der Waals surface area contributed by atoms with Crippen LogP contribution < -0.4 is 10.2 Å². The van der Waals surface area contributed by atoms with Crippen molar-refractivity contribution < 1.29 is 23.8 Å². The summed E-state index contributed by atoms with van der Waals surface area (Å²) >= 11 is 5.54. The Bertz CT molecular complexity index is 1050. The maximum Gasteiger partial charge on any atom is 0.341 e. The lowest BCUT2D eigenvalue weighted by molar-refractivity contribution is -0.139. The molecular formula is C18H12BrIN2O5. The van der Waals surface area contributed by atoms with Gasteiger partial charge in [-0.2, -0.15) is 5.10 Å². The van der Waals surface area contributed by atoms with Gasteiger partial charge in [0, 0.05) is 15.4 Å².